The van der Waals surface area contributed by atoms with Gasteiger partial charge in [-0.2, -0.15) is 0 Å². The molecule has 4 heteroatoms. The number of hydrogen-bond acceptors (Lipinski definition) is 2. The van der Waals surface area contributed by atoms with E-state index in [0.717, 1.165) is 12.0 Å². The van der Waals surface area contributed by atoms with Crippen molar-refractivity contribution in [3.05, 3.63) is 70.4 Å². The van der Waals surface area contributed by atoms with Crippen LogP contribution in [0.4, 0.5) is 4.79 Å². The fraction of sp³-hybridized carbons (Fsp3) is 0.211. The third-order valence-corrected chi connectivity index (χ3v) is 4.68. The largest absolute Gasteiger partial charge is 0.335 e. The number of urea groups is 1. The van der Waals surface area contributed by atoms with Gasteiger partial charge in [0, 0.05) is 23.9 Å². The van der Waals surface area contributed by atoms with Crippen molar-refractivity contribution in [1.29, 1.82) is 0 Å². The molecule has 0 aliphatic rings. The molecule has 2 aromatic carbocycles. The molecule has 3 aromatic rings. The van der Waals surface area contributed by atoms with E-state index in [-0.39, 0.29) is 12.1 Å². The third kappa shape index (κ3) is 4.11. The quantitative estimate of drug-likeness (QED) is 0.720. The normalized spacial score (nSPS) is 12.0. The van der Waals surface area contributed by atoms with Crippen LogP contribution in [0.5, 0.6) is 0 Å². The second-order valence-electron chi connectivity index (χ2n) is 5.65. The summed E-state index contributed by atoms with van der Waals surface area (Å²) in [5.41, 5.74) is 1.13. The Morgan fingerprint density at radius 2 is 1.91 bits per heavy atom. The van der Waals surface area contributed by atoms with Crippen LogP contribution in [0.1, 0.15) is 17.4 Å². The van der Waals surface area contributed by atoms with E-state index in [1.54, 1.807) is 11.3 Å². The predicted molar refractivity (Wildman–Crippen MR) is 96.8 cm³/mol. The van der Waals surface area contributed by atoms with E-state index >= 15 is 0 Å². The zero-order valence-corrected chi connectivity index (χ0v) is 13.9. The first-order valence-electron chi connectivity index (χ1n) is 7.76. The van der Waals surface area contributed by atoms with Gasteiger partial charge in [-0.1, -0.05) is 48.5 Å². The standard InChI is InChI=1S/C19H20N2OS/c1-14(12-17-9-5-11-23-17)21-19(22)20-13-16-8-4-7-15-6-2-3-10-18(15)16/h2-11,14H,12-13H2,1H3,(H2,20,21,22)/t14-/m1/s1. The second-order valence-corrected chi connectivity index (χ2v) is 6.68. The van der Waals surface area contributed by atoms with Gasteiger partial charge < -0.3 is 10.6 Å². The number of carbonyl (C=O) groups excluding carboxylic acids is 1. The minimum atomic E-state index is -0.123. The van der Waals surface area contributed by atoms with Gasteiger partial charge in [-0.3, -0.25) is 0 Å². The summed E-state index contributed by atoms with van der Waals surface area (Å²) in [5.74, 6) is 0. The highest BCUT2D eigenvalue weighted by Gasteiger charge is 2.09. The maximum Gasteiger partial charge on any atom is 0.315 e. The lowest BCUT2D eigenvalue weighted by Crippen LogP contribution is -2.41. The molecule has 0 aliphatic carbocycles. The van der Waals surface area contributed by atoms with E-state index < -0.39 is 0 Å². The molecule has 3 rings (SSSR count). The minimum absolute atomic E-state index is 0.112. The molecular formula is C19H20N2OS. The summed E-state index contributed by atoms with van der Waals surface area (Å²) in [4.78, 5) is 13.4. The summed E-state index contributed by atoms with van der Waals surface area (Å²) in [5, 5.41) is 10.4. The fourth-order valence-electron chi connectivity index (χ4n) is 2.68. The number of rotatable bonds is 5. The average molecular weight is 324 g/mol. The highest BCUT2D eigenvalue weighted by atomic mass is 32.1. The number of benzene rings is 2. The molecule has 1 heterocycles. The Balaban J connectivity index is 1.56. The van der Waals surface area contributed by atoms with Gasteiger partial charge in [-0.05, 0) is 34.7 Å². The monoisotopic (exact) mass is 324 g/mol. The van der Waals surface area contributed by atoms with Crippen LogP contribution in [0.25, 0.3) is 10.8 Å². The Hall–Kier alpha value is -2.33. The Morgan fingerprint density at radius 3 is 2.74 bits per heavy atom. The lowest BCUT2D eigenvalue weighted by molar-refractivity contribution is 0.237. The molecule has 0 spiro atoms. The van der Waals surface area contributed by atoms with E-state index in [9.17, 15) is 4.79 Å². The molecule has 0 bridgehead atoms. The number of hydrogen-bond donors (Lipinski definition) is 2. The smallest absolute Gasteiger partial charge is 0.315 e. The van der Waals surface area contributed by atoms with Gasteiger partial charge in [-0.15, -0.1) is 11.3 Å². The summed E-state index contributed by atoms with van der Waals surface area (Å²) in [6.07, 6.45) is 0.860. The van der Waals surface area contributed by atoms with Crippen molar-refractivity contribution >= 4 is 28.1 Å². The Kier molecular flexibility index (Phi) is 4.93. The van der Waals surface area contributed by atoms with Crippen molar-refractivity contribution in [1.82, 2.24) is 10.6 Å². The maximum atomic E-state index is 12.1. The van der Waals surface area contributed by atoms with E-state index in [2.05, 4.69) is 46.3 Å². The molecule has 0 fully saturated rings. The van der Waals surface area contributed by atoms with Crippen molar-refractivity contribution in [2.24, 2.45) is 0 Å². The molecule has 23 heavy (non-hydrogen) atoms. The Labute approximate surface area is 140 Å². The van der Waals surface area contributed by atoms with Gasteiger partial charge in [0.1, 0.15) is 0 Å². The predicted octanol–water partition coefficient (Wildman–Crippen LogP) is 4.33. The Morgan fingerprint density at radius 1 is 1.09 bits per heavy atom. The van der Waals surface area contributed by atoms with Crippen molar-refractivity contribution in [3.8, 4) is 0 Å². The van der Waals surface area contributed by atoms with Crippen LogP contribution >= 0.6 is 11.3 Å². The molecule has 0 radical (unpaired) electrons. The SMILES string of the molecule is C[C@H](Cc1cccs1)NC(=O)NCc1cccc2ccccc12. The molecule has 2 amide bonds. The first-order chi connectivity index (χ1) is 11.2. The van der Waals surface area contributed by atoms with Crippen molar-refractivity contribution in [2.45, 2.75) is 25.9 Å². The number of amides is 2. The highest BCUT2D eigenvalue weighted by Crippen LogP contribution is 2.18. The molecular weight excluding hydrogens is 304 g/mol. The van der Waals surface area contributed by atoms with Gasteiger partial charge in [-0.25, -0.2) is 4.79 Å². The van der Waals surface area contributed by atoms with Crippen LogP contribution in [0, 0.1) is 0 Å². The molecule has 0 saturated heterocycles. The second kappa shape index (κ2) is 7.29. The van der Waals surface area contributed by atoms with Crippen LogP contribution in [0.15, 0.2) is 60.0 Å². The minimum Gasteiger partial charge on any atom is -0.335 e. The maximum absolute atomic E-state index is 12.1. The average Bonchev–Trinajstić information content (AvgIpc) is 3.05. The lowest BCUT2D eigenvalue weighted by atomic mass is 10.0. The van der Waals surface area contributed by atoms with Crippen LogP contribution in [0.2, 0.25) is 0 Å². The molecule has 0 unspecified atom stereocenters. The number of fused-ring (bicyclic) bond motifs is 1. The fourth-order valence-corrected chi connectivity index (χ4v) is 3.51. The summed E-state index contributed by atoms with van der Waals surface area (Å²) < 4.78 is 0. The van der Waals surface area contributed by atoms with E-state index in [1.807, 2.05) is 31.2 Å². The van der Waals surface area contributed by atoms with Crippen molar-refractivity contribution in [2.75, 3.05) is 0 Å². The molecule has 3 nitrogen and oxygen atoms in total. The van der Waals surface area contributed by atoms with Gasteiger partial charge >= 0.3 is 6.03 Å². The van der Waals surface area contributed by atoms with E-state index in [4.69, 9.17) is 0 Å². The summed E-state index contributed by atoms with van der Waals surface area (Å²) in [7, 11) is 0. The molecule has 1 aromatic heterocycles. The number of nitrogens with one attached hydrogen (secondary N) is 2. The van der Waals surface area contributed by atoms with Crippen LogP contribution < -0.4 is 10.6 Å². The summed E-state index contributed by atoms with van der Waals surface area (Å²) in [6, 6.07) is 18.5. The highest BCUT2D eigenvalue weighted by molar-refractivity contribution is 7.09. The number of thiophene rings is 1. The van der Waals surface area contributed by atoms with Crippen LogP contribution in [-0.2, 0) is 13.0 Å². The lowest BCUT2D eigenvalue weighted by Gasteiger charge is -2.14. The first kappa shape index (κ1) is 15.6. The van der Waals surface area contributed by atoms with Gasteiger partial charge in [0.15, 0.2) is 0 Å². The summed E-state index contributed by atoms with van der Waals surface area (Å²) in [6.45, 7) is 2.55. The topological polar surface area (TPSA) is 41.1 Å². The van der Waals surface area contributed by atoms with Gasteiger partial charge in [0.2, 0.25) is 0 Å². The van der Waals surface area contributed by atoms with E-state index in [1.165, 1.54) is 15.6 Å². The first-order valence-corrected chi connectivity index (χ1v) is 8.64. The van der Waals surface area contributed by atoms with Crippen molar-refractivity contribution < 1.29 is 4.79 Å². The zero-order valence-electron chi connectivity index (χ0n) is 13.1. The number of carbonyl (C=O) groups is 1. The van der Waals surface area contributed by atoms with Crippen molar-refractivity contribution in [3.63, 3.8) is 0 Å². The van der Waals surface area contributed by atoms with Crippen LogP contribution in [-0.4, -0.2) is 12.1 Å². The molecule has 118 valence electrons. The summed E-state index contributed by atoms with van der Waals surface area (Å²) >= 11 is 1.72. The molecule has 1 atom stereocenters. The zero-order chi connectivity index (χ0) is 16.1. The van der Waals surface area contributed by atoms with E-state index in [0.29, 0.717) is 6.54 Å². The van der Waals surface area contributed by atoms with Crippen LogP contribution in [0.3, 0.4) is 0 Å². The van der Waals surface area contributed by atoms with Gasteiger partial charge in [0.25, 0.3) is 0 Å². The van der Waals surface area contributed by atoms with Gasteiger partial charge in [0.05, 0.1) is 0 Å². The Bertz CT molecular complexity index is 778. The third-order valence-electron chi connectivity index (χ3n) is 3.78. The molecule has 0 aliphatic heterocycles. The molecule has 2 N–H and O–H groups in total. The molecule has 0 saturated carbocycles.